The van der Waals surface area contributed by atoms with Gasteiger partial charge in [-0.15, -0.1) is 0 Å². The monoisotopic (exact) mass is 1050 g/mol. The highest BCUT2D eigenvalue weighted by atomic mass is 35.5. The van der Waals surface area contributed by atoms with Crippen molar-refractivity contribution in [3.63, 3.8) is 0 Å². The zero-order chi connectivity index (χ0) is 51.7. The Morgan fingerprint density at radius 1 is 0.608 bits per heavy atom. The molecule has 2 aliphatic heterocycles. The van der Waals surface area contributed by atoms with E-state index < -0.39 is 78.6 Å². The summed E-state index contributed by atoms with van der Waals surface area (Å²) in [6.07, 6.45) is -12.8. The van der Waals surface area contributed by atoms with E-state index in [1.165, 1.54) is 25.3 Å². The molecule has 0 spiro atoms. The summed E-state index contributed by atoms with van der Waals surface area (Å²) in [4.78, 5) is 16.4. The molecule has 0 aromatic heterocycles. The van der Waals surface area contributed by atoms with Crippen LogP contribution < -0.4 is 9.64 Å². The van der Waals surface area contributed by atoms with Gasteiger partial charge in [0, 0.05) is 16.1 Å². The van der Waals surface area contributed by atoms with Crippen LogP contribution in [0.5, 0.6) is 5.75 Å². The van der Waals surface area contributed by atoms with Crippen LogP contribution in [0.15, 0.2) is 188 Å². The fraction of sp³-hybridized carbons (Fsp3) is 0.246. The Morgan fingerprint density at radius 2 is 1.09 bits per heavy atom. The molecular formula is C57H51ClF4NO10P. The highest BCUT2D eigenvalue weighted by Crippen LogP contribution is 2.57. The summed E-state index contributed by atoms with van der Waals surface area (Å²) >= 11 is 6.47. The number of amides is 1. The molecule has 0 bridgehead atoms. The maximum Gasteiger partial charge on any atom is 0.475 e. The van der Waals surface area contributed by atoms with Gasteiger partial charge in [0.1, 0.15) is 30.2 Å². The molecule has 1 amide bonds. The quantitative estimate of drug-likeness (QED) is 0.0509. The number of alkyl halides is 4. The number of carbonyl (C=O) groups is 1. The Kier molecular flexibility index (Phi) is 16.7. The number of hydrogen-bond acceptors (Lipinski definition) is 10. The van der Waals surface area contributed by atoms with E-state index in [0.717, 1.165) is 22.1 Å². The van der Waals surface area contributed by atoms with Gasteiger partial charge >= 0.3 is 14.0 Å². The first-order valence-electron chi connectivity index (χ1n) is 23.6. The van der Waals surface area contributed by atoms with Gasteiger partial charge in [-0.05, 0) is 58.1 Å². The summed E-state index contributed by atoms with van der Waals surface area (Å²) in [5.74, 6) is -1.54. The lowest BCUT2D eigenvalue weighted by atomic mass is 9.88. The van der Waals surface area contributed by atoms with Crippen molar-refractivity contribution >= 4 is 31.0 Å². The van der Waals surface area contributed by atoms with Gasteiger partial charge in [-0.25, -0.2) is 8.96 Å². The molecular weight excluding hydrogens is 1000 g/mol. The number of halogens is 5. The molecule has 11 nitrogen and oxygen atoms in total. The zero-order valence-corrected chi connectivity index (χ0v) is 41.5. The highest BCUT2D eigenvalue weighted by molar-refractivity contribution is 7.48. The molecule has 1 fully saturated rings. The smallest absolute Gasteiger partial charge is 0.475 e. The number of anilines is 1. The van der Waals surface area contributed by atoms with Crippen molar-refractivity contribution in [1.29, 1.82) is 0 Å². The third-order valence-corrected chi connectivity index (χ3v) is 14.2. The second-order valence-electron chi connectivity index (χ2n) is 17.5. The summed E-state index contributed by atoms with van der Waals surface area (Å²) in [5.41, 5.74) is -2.56. The third-order valence-electron chi connectivity index (χ3n) is 12.5. The van der Waals surface area contributed by atoms with Crippen molar-refractivity contribution in [2.24, 2.45) is 0 Å². The summed E-state index contributed by atoms with van der Waals surface area (Å²) in [6, 6.07) is 51.1. The fourth-order valence-corrected chi connectivity index (χ4v) is 10.4. The Hall–Kier alpha value is -6.23. The number of nitrogens with zero attached hydrogens (tertiary/aromatic N) is 1. The van der Waals surface area contributed by atoms with E-state index in [1.54, 1.807) is 84.9 Å². The van der Waals surface area contributed by atoms with Crippen molar-refractivity contribution in [1.82, 2.24) is 0 Å². The largest absolute Gasteiger partial charge is 0.496 e. The number of phosphoric acid groups is 1. The summed E-state index contributed by atoms with van der Waals surface area (Å²) in [5, 5.41) is 0.00291. The van der Waals surface area contributed by atoms with E-state index in [4.69, 9.17) is 48.9 Å². The van der Waals surface area contributed by atoms with Crippen LogP contribution in [0.4, 0.5) is 23.2 Å². The van der Waals surface area contributed by atoms with Gasteiger partial charge in [0.15, 0.2) is 6.23 Å². The number of phosphoric ester groups is 1. The van der Waals surface area contributed by atoms with Gasteiger partial charge < -0.3 is 23.7 Å². The third kappa shape index (κ3) is 12.1. The lowest BCUT2D eigenvalue weighted by molar-refractivity contribution is -0.257. The Morgan fingerprint density at radius 3 is 1.59 bits per heavy atom. The van der Waals surface area contributed by atoms with E-state index in [0.29, 0.717) is 28.8 Å². The second-order valence-corrected chi connectivity index (χ2v) is 19.6. The van der Waals surface area contributed by atoms with Gasteiger partial charge in [-0.2, -0.15) is 13.2 Å². The zero-order valence-electron chi connectivity index (χ0n) is 39.9. The molecule has 2 heterocycles. The number of ether oxygens (including phenoxy) is 5. The van der Waals surface area contributed by atoms with Crippen LogP contribution in [0.3, 0.4) is 0 Å². The summed E-state index contributed by atoms with van der Waals surface area (Å²) in [7, 11) is -3.71. The molecule has 7 aromatic carbocycles. The fourth-order valence-electron chi connectivity index (χ4n) is 8.90. The van der Waals surface area contributed by atoms with Crippen LogP contribution in [0.25, 0.3) is 0 Å². The molecule has 9 rings (SSSR count). The minimum absolute atomic E-state index is 0.00291. The van der Waals surface area contributed by atoms with E-state index in [9.17, 15) is 13.2 Å². The molecule has 1 saturated heterocycles. The number of rotatable bonds is 21. The summed E-state index contributed by atoms with van der Waals surface area (Å²) < 4.78 is 131. The predicted octanol–water partition coefficient (Wildman–Crippen LogP) is 13.0. The molecule has 0 radical (unpaired) electrons. The van der Waals surface area contributed by atoms with Gasteiger partial charge in [0.05, 0.1) is 58.0 Å². The molecule has 2 aliphatic rings. The molecule has 0 N–H and O–H groups in total. The van der Waals surface area contributed by atoms with Gasteiger partial charge in [0.25, 0.3) is 5.91 Å². The van der Waals surface area contributed by atoms with Crippen molar-refractivity contribution in [2.75, 3.05) is 18.6 Å². The normalized spacial score (nSPS) is 20.9. The molecule has 0 unspecified atom stereocenters. The Bertz CT molecular complexity index is 2960. The first kappa shape index (κ1) is 52.6. The van der Waals surface area contributed by atoms with Gasteiger partial charge in [-0.1, -0.05) is 169 Å². The van der Waals surface area contributed by atoms with E-state index in [-0.39, 0.29) is 50.4 Å². The van der Waals surface area contributed by atoms with Crippen LogP contribution in [0, 0.1) is 0 Å². The second kappa shape index (κ2) is 23.5. The standard InChI is InChI=1S/C57H51ClF4NO10P/c1-66-49-30-28-45(58)32-47(49)56(59)46-29-27-44(57(60,61)62)31-48(46)63(55(56)64)54-53(73-74(65,70-36-42-23-13-5-14-24-42)71-37-43-25-15-6-16-26-43)52(69-35-41-21-11-4-12-22-41)51(68-34-40-19-9-3-10-20-40)50(72-54)38-67-33-39-17-7-2-8-18-39/h2-32,50-54H,33-38H2,1H3/t50-,51+,52+,53-,54-,56+/m1/s1. The Balaban J connectivity index is 1.23. The minimum Gasteiger partial charge on any atom is -0.496 e. The maximum absolute atomic E-state index is 18.8. The topological polar surface area (TPSA) is 111 Å². The van der Waals surface area contributed by atoms with Gasteiger partial charge in [0.2, 0.25) is 5.67 Å². The van der Waals surface area contributed by atoms with Crippen LogP contribution in [-0.4, -0.2) is 50.3 Å². The molecule has 7 aromatic rings. The molecule has 17 heteroatoms. The molecule has 74 heavy (non-hydrogen) atoms. The average molecular weight is 1050 g/mol. The maximum atomic E-state index is 18.8. The van der Waals surface area contributed by atoms with Crippen molar-refractivity contribution < 1.29 is 64.2 Å². The Labute approximate surface area is 431 Å². The van der Waals surface area contributed by atoms with Crippen LogP contribution >= 0.6 is 19.4 Å². The summed E-state index contributed by atoms with van der Waals surface area (Å²) in [6.45, 7) is -1.00. The van der Waals surface area contributed by atoms with Crippen LogP contribution in [0.1, 0.15) is 44.5 Å². The van der Waals surface area contributed by atoms with E-state index in [2.05, 4.69) is 0 Å². The number of benzene rings is 7. The lowest BCUT2D eigenvalue weighted by Gasteiger charge is -2.48. The van der Waals surface area contributed by atoms with E-state index in [1.807, 2.05) is 66.7 Å². The molecule has 384 valence electrons. The first-order chi connectivity index (χ1) is 35.8. The number of hydrogen-bond donors (Lipinski definition) is 0. The molecule has 0 aliphatic carbocycles. The van der Waals surface area contributed by atoms with Crippen molar-refractivity contribution in [3.8, 4) is 5.75 Å². The number of fused-ring (bicyclic) bond motifs is 1. The number of methoxy groups -OCH3 is 1. The average Bonchev–Trinajstić information content (AvgIpc) is 3.67. The van der Waals surface area contributed by atoms with Crippen LogP contribution in [0.2, 0.25) is 5.02 Å². The van der Waals surface area contributed by atoms with Crippen molar-refractivity contribution in [3.05, 3.63) is 238 Å². The molecule has 6 atom stereocenters. The lowest BCUT2D eigenvalue weighted by Crippen LogP contribution is -2.66. The van der Waals surface area contributed by atoms with Crippen LogP contribution in [-0.2, 0) is 86.8 Å². The van der Waals surface area contributed by atoms with Gasteiger partial charge in [-0.3, -0.25) is 23.3 Å². The predicted molar refractivity (Wildman–Crippen MR) is 269 cm³/mol. The molecule has 0 saturated carbocycles. The minimum atomic E-state index is -4.97. The van der Waals surface area contributed by atoms with E-state index >= 15 is 13.8 Å². The van der Waals surface area contributed by atoms with Crippen molar-refractivity contribution in [2.45, 2.75) is 75.5 Å². The SMILES string of the molecule is COc1ccc(Cl)cc1[C@]1(F)C(=O)N([C@@H]2O[C@H](COCc3ccccc3)[C@H](OCc3ccccc3)[C@H](OCc3ccccc3)[C@H]2OP(=O)(OCc2ccccc2)OCc2ccccc2)c2cc(C(F)(F)F)ccc21. The first-order valence-corrected chi connectivity index (χ1v) is 25.5. The highest BCUT2D eigenvalue weighted by Gasteiger charge is 2.62. The number of carbonyl (C=O) groups excluding carboxylic acids is 1.